The molecule has 0 N–H and O–H groups in total. The Morgan fingerprint density at radius 1 is 1.38 bits per heavy atom. The summed E-state index contributed by atoms with van der Waals surface area (Å²) in [5.74, 6) is 0.943. The van der Waals surface area contributed by atoms with Gasteiger partial charge in [0.05, 0.1) is 6.61 Å². The van der Waals surface area contributed by atoms with Gasteiger partial charge >= 0.3 is 0 Å². The first-order chi connectivity index (χ1) is 7.86. The average Bonchev–Trinajstić information content (AvgIpc) is 2.84. The molecule has 1 aromatic carbocycles. The molecule has 0 saturated carbocycles. The Labute approximate surface area is 97.0 Å². The van der Waals surface area contributed by atoms with Crippen LogP contribution in [0.25, 0.3) is 0 Å². The van der Waals surface area contributed by atoms with Crippen molar-refractivity contribution in [2.45, 2.75) is 12.5 Å². The van der Waals surface area contributed by atoms with Gasteiger partial charge in [0.1, 0.15) is 12.4 Å². The van der Waals surface area contributed by atoms with Crippen LogP contribution in [0.5, 0.6) is 5.75 Å². The van der Waals surface area contributed by atoms with Gasteiger partial charge in [0.2, 0.25) is 0 Å². The summed E-state index contributed by atoms with van der Waals surface area (Å²) in [5.41, 5.74) is 0. The molecule has 3 heteroatoms. The van der Waals surface area contributed by atoms with E-state index in [1.165, 1.54) is 0 Å². The maximum Gasteiger partial charge on any atom is 0.119 e. The summed E-state index contributed by atoms with van der Waals surface area (Å²) >= 11 is 0. The average molecular weight is 221 g/mol. The number of rotatable bonds is 5. The summed E-state index contributed by atoms with van der Waals surface area (Å²) in [6.07, 6.45) is 1.14. The van der Waals surface area contributed by atoms with Crippen molar-refractivity contribution in [2.24, 2.45) is 0 Å². The number of benzene rings is 1. The molecule has 0 aliphatic carbocycles. The van der Waals surface area contributed by atoms with Crippen molar-refractivity contribution in [1.82, 2.24) is 4.90 Å². The van der Waals surface area contributed by atoms with Crippen LogP contribution in [0.2, 0.25) is 0 Å². The summed E-state index contributed by atoms with van der Waals surface area (Å²) in [6.45, 7) is 3.44. The lowest BCUT2D eigenvalue weighted by molar-refractivity contribution is 0.147. The van der Waals surface area contributed by atoms with Crippen molar-refractivity contribution in [3.05, 3.63) is 30.3 Å². The van der Waals surface area contributed by atoms with E-state index in [2.05, 4.69) is 11.9 Å². The largest absolute Gasteiger partial charge is 0.492 e. The van der Waals surface area contributed by atoms with E-state index in [0.29, 0.717) is 6.04 Å². The van der Waals surface area contributed by atoms with E-state index in [1.54, 1.807) is 0 Å². The van der Waals surface area contributed by atoms with Gasteiger partial charge in [-0.3, -0.25) is 4.90 Å². The smallest absolute Gasteiger partial charge is 0.119 e. The first-order valence-electron chi connectivity index (χ1n) is 5.82. The van der Waals surface area contributed by atoms with E-state index in [9.17, 15) is 0 Å². The van der Waals surface area contributed by atoms with Crippen molar-refractivity contribution >= 4 is 0 Å². The monoisotopic (exact) mass is 221 g/mol. The van der Waals surface area contributed by atoms with Crippen LogP contribution in [0.15, 0.2) is 30.3 Å². The predicted molar refractivity (Wildman–Crippen MR) is 63.8 cm³/mol. The second-order valence-electron chi connectivity index (χ2n) is 4.16. The topological polar surface area (TPSA) is 21.7 Å². The molecular weight excluding hydrogens is 202 g/mol. The highest BCUT2D eigenvalue weighted by atomic mass is 16.5. The molecule has 0 radical (unpaired) electrons. The number of hydrogen-bond acceptors (Lipinski definition) is 3. The van der Waals surface area contributed by atoms with E-state index >= 15 is 0 Å². The lowest BCUT2D eigenvalue weighted by atomic mass is 10.2. The number of nitrogens with zero attached hydrogens (tertiary/aromatic N) is 1. The van der Waals surface area contributed by atoms with Crippen molar-refractivity contribution in [1.29, 1.82) is 0 Å². The molecule has 1 saturated heterocycles. The zero-order chi connectivity index (χ0) is 11.2. The second-order valence-corrected chi connectivity index (χ2v) is 4.16. The Morgan fingerprint density at radius 2 is 2.19 bits per heavy atom. The number of ether oxygens (including phenoxy) is 2. The molecule has 2 rings (SSSR count). The predicted octanol–water partition coefficient (Wildman–Crippen LogP) is 1.79. The highest BCUT2D eigenvalue weighted by Crippen LogP contribution is 2.11. The summed E-state index contributed by atoms with van der Waals surface area (Å²) in [6, 6.07) is 10.5. The number of hydrogen-bond donors (Lipinski definition) is 0. The quantitative estimate of drug-likeness (QED) is 0.756. The van der Waals surface area contributed by atoms with Crippen LogP contribution in [0.4, 0.5) is 0 Å². The van der Waals surface area contributed by atoms with Gasteiger partial charge in [0.15, 0.2) is 0 Å². The fraction of sp³-hybridized carbons (Fsp3) is 0.538. The fourth-order valence-corrected chi connectivity index (χ4v) is 1.88. The van der Waals surface area contributed by atoms with Crippen LogP contribution < -0.4 is 4.74 Å². The molecule has 1 aliphatic heterocycles. The Morgan fingerprint density at radius 3 is 2.88 bits per heavy atom. The molecule has 1 aromatic rings. The Hall–Kier alpha value is -1.06. The normalized spacial score (nSPS) is 20.2. The van der Waals surface area contributed by atoms with Crippen molar-refractivity contribution in [3.8, 4) is 5.75 Å². The number of para-hydroxylation sites is 1. The zero-order valence-corrected chi connectivity index (χ0v) is 9.76. The van der Waals surface area contributed by atoms with Gasteiger partial charge in [-0.05, 0) is 25.6 Å². The van der Waals surface area contributed by atoms with Crippen molar-refractivity contribution < 1.29 is 9.47 Å². The standard InChI is InChI=1S/C13H19NO2/c1-14(12-7-9-15-11-12)8-10-16-13-5-3-2-4-6-13/h2-6,12H,7-11H2,1H3. The molecule has 1 unspecified atom stereocenters. The maximum atomic E-state index is 5.65. The third-order valence-corrected chi connectivity index (χ3v) is 2.98. The molecule has 0 amide bonds. The minimum Gasteiger partial charge on any atom is -0.492 e. The highest BCUT2D eigenvalue weighted by molar-refractivity contribution is 5.20. The molecule has 0 aromatic heterocycles. The van der Waals surface area contributed by atoms with Gasteiger partial charge in [-0.25, -0.2) is 0 Å². The van der Waals surface area contributed by atoms with Crippen molar-refractivity contribution in [3.63, 3.8) is 0 Å². The molecule has 1 aliphatic rings. The Kier molecular flexibility index (Phi) is 4.19. The van der Waals surface area contributed by atoms with Gasteiger partial charge in [-0.1, -0.05) is 18.2 Å². The molecule has 1 heterocycles. The van der Waals surface area contributed by atoms with Crippen LogP contribution in [0.1, 0.15) is 6.42 Å². The summed E-state index contributed by atoms with van der Waals surface area (Å²) in [7, 11) is 2.13. The minimum absolute atomic E-state index is 0.569. The lowest BCUT2D eigenvalue weighted by Gasteiger charge is -2.22. The van der Waals surface area contributed by atoms with Gasteiger partial charge in [0, 0.05) is 19.2 Å². The Balaban J connectivity index is 1.67. The van der Waals surface area contributed by atoms with Crippen molar-refractivity contribution in [2.75, 3.05) is 33.4 Å². The lowest BCUT2D eigenvalue weighted by Crippen LogP contribution is -2.35. The second kappa shape index (κ2) is 5.87. The van der Waals surface area contributed by atoms with Crippen LogP contribution in [-0.2, 0) is 4.74 Å². The van der Waals surface area contributed by atoms with Gasteiger partial charge in [-0.15, -0.1) is 0 Å². The molecule has 0 bridgehead atoms. The van der Waals surface area contributed by atoms with E-state index in [4.69, 9.17) is 9.47 Å². The molecular formula is C13H19NO2. The van der Waals surface area contributed by atoms with E-state index in [0.717, 1.165) is 38.5 Å². The third kappa shape index (κ3) is 3.22. The van der Waals surface area contributed by atoms with Crippen LogP contribution >= 0.6 is 0 Å². The minimum atomic E-state index is 0.569. The van der Waals surface area contributed by atoms with Crippen LogP contribution in [0, 0.1) is 0 Å². The number of likely N-dealkylation sites (N-methyl/N-ethyl adjacent to an activating group) is 1. The first-order valence-corrected chi connectivity index (χ1v) is 5.82. The third-order valence-electron chi connectivity index (χ3n) is 2.98. The summed E-state index contributed by atoms with van der Waals surface area (Å²) < 4.78 is 11.0. The summed E-state index contributed by atoms with van der Waals surface area (Å²) in [4.78, 5) is 2.32. The van der Waals surface area contributed by atoms with E-state index < -0.39 is 0 Å². The molecule has 1 atom stereocenters. The fourth-order valence-electron chi connectivity index (χ4n) is 1.88. The highest BCUT2D eigenvalue weighted by Gasteiger charge is 2.19. The Bertz CT molecular complexity index is 296. The first kappa shape index (κ1) is 11.4. The van der Waals surface area contributed by atoms with E-state index in [1.807, 2.05) is 30.3 Å². The van der Waals surface area contributed by atoms with Gasteiger partial charge < -0.3 is 9.47 Å². The molecule has 3 nitrogen and oxygen atoms in total. The van der Waals surface area contributed by atoms with Gasteiger partial charge in [-0.2, -0.15) is 0 Å². The zero-order valence-electron chi connectivity index (χ0n) is 9.76. The summed E-state index contributed by atoms with van der Waals surface area (Å²) in [5, 5.41) is 0. The van der Waals surface area contributed by atoms with E-state index in [-0.39, 0.29) is 0 Å². The van der Waals surface area contributed by atoms with Crippen LogP contribution in [-0.4, -0.2) is 44.4 Å². The van der Waals surface area contributed by atoms with Crippen LogP contribution in [0.3, 0.4) is 0 Å². The maximum absolute atomic E-state index is 5.65. The molecule has 0 spiro atoms. The molecule has 1 fully saturated rings. The molecule has 16 heavy (non-hydrogen) atoms. The SMILES string of the molecule is CN(CCOc1ccccc1)C1CCOC1. The molecule has 88 valence electrons. The van der Waals surface area contributed by atoms with Gasteiger partial charge in [0.25, 0.3) is 0 Å².